The first kappa shape index (κ1) is 13.2. The molecular formula is C13H22N4O. The predicted molar refractivity (Wildman–Crippen MR) is 69.8 cm³/mol. The molecule has 5 heteroatoms. The Morgan fingerprint density at radius 1 is 1.33 bits per heavy atom. The lowest BCUT2D eigenvalue weighted by atomic mass is 9.78. The Kier molecular flexibility index (Phi) is 4.49. The van der Waals surface area contributed by atoms with Gasteiger partial charge in [0.2, 0.25) is 5.88 Å². The van der Waals surface area contributed by atoms with Crippen LogP contribution < -0.4 is 16.0 Å². The number of hydrazine groups is 1. The minimum Gasteiger partial charge on any atom is -0.481 e. The van der Waals surface area contributed by atoms with Gasteiger partial charge in [-0.2, -0.15) is 0 Å². The molecule has 1 aliphatic rings. The zero-order valence-corrected chi connectivity index (χ0v) is 11.1. The van der Waals surface area contributed by atoms with Gasteiger partial charge in [0.1, 0.15) is 6.33 Å². The van der Waals surface area contributed by atoms with Crippen molar-refractivity contribution >= 4 is 0 Å². The third kappa shape index (κ3) is 2.97. The Labute approximate surface area is 108 Å². The first-order valence-electron chi connectivity index (χ1n) is 6.56. The second kappa shape index (κ2) is 6.11. The van der Waals surface area contributed by atoms with Crippen LogP contribution in [-0.2, 0) is 0 Å². The molecule has 1 saturated carbocycles. The van der Waals surface area contributed by atoms with E-state index in [1.807, 2.05) is 6.07 Å². The number of nitrogens with two attached hydrogens (primary N) is 1. The SMILES string of the molecule is COc1cc(C(NN)C2CCC(C)CC2)ncn1. The predicted octanol–water partition coefficient (Wildman–Crippen LogP) is 1.82. The molecule has 0 saturated heterocycles. The number of hydrogen-bond acceptors (Lipinski definition) is 5. The molecule has 0 spiro atoms. The van der Waals surface area contributed by atoms with Gasteiger partial charge >= 0.3 is 0 Å². The standard InChI is InChI=1S/C13H22N4O/c1-9-3-5-10(6-4-9)13(17-14)11-7-12(18-2)16-8-15-11/h7-10,13,17H,3-6,14H2,1-2H3. The van der Waals surface area contributed by atoms with E-state index in [1.54, 1.807) is 7.11 Å². The number of nitrogens with one attached hydrogen (secondary N) is 1. The van der Waals surface area contributed by atoms with Crippen molar-refractivity contribution in [1.82, 2.24) is 15.4 Å². The van der Waals surface area contributed by atoms with Crippen LogP contribution in [0, 0.1) is 11.8 Å². The van der Waals surface area contributed by atoms with E-state index in [9.17, 15) is 0 Å². The maximum atomic E-state index is 5.71. The third-order valence-corrected chi connectivity index (χ3v) is 3.90. The van der Waals surface area contributed by atoms with Gasteiger partial charge < -0.3 is 4.74 Å². The Bertz CT molecular complexity index is 377. The van der Waals surface area contributed by atoms with Gasteiger partial charge in [0.25, 0.3) is 0 Å². The van der Waals surface area contributed by atoms with Gasteiger partial charge in [-0.1, -0.05) is 19.8 Å². The molecule has 0 aliphatic heterocycles. The quantitative estimate of drug-likeness (QED) is 0.630. The third-order valence-electron chi connectivity index (χ3n) is 3.90. The maximum Gasteiger partial charge on any atom is 0.216 e. The molecule has 0 amide bonds. The zero-order valence-electron chi connectivity index (χ0n) is 11.1. The van der Waals surface area contributed by atoms with Crippen molar-refractivity contribution in [2.45, 2.75) is 38.6 Å². The summed E-state index contributed by atoms with van der Waals surface area (Å²) in [4.78, 5) is 8.35. The highest BCUT2D eigenvalue weighted by Crippen LogP contribution is 2.36. The minimum atomic E-state index is 0.0920. The molecule has 0 bridgehead atoms. The number of rotatable bonds is 4. The lowest BCUT2D eigenvalue weighted by molar-refractivity contribution is 0.229. The Morgan fingerprint density at radius 3 is 2.67 bits per heavy atom. The molecule has 0 radical (unpaired) electrons. The van der Waals surface area contributed by atoms with Crippen LogP contribution in [-0.4, -0.2) is 17.1 Å². The summed E-state index contributed by atoms with van der Waals surface area (Å²) in [5.74, 6) is 7.68. The van der Waals surface area contributed by atoms with E-state index in [-0.39, 0.29) is 6.04 Å². The van der Waals surface area contributed by atoms with Crippen LogP contribution in [0.3, 0.4) is 0 Å². The Hall–Kier alpha value is -1.20. The average molecular weight is 250 g/mol. The van der Waals surface area contributed by atoms with E-state index in [0.717, 1.165) is 11.6 Å². The van der Waals surface area contributed by atoms with Crippen molar-refractivity contribution in [2.75, 3.05) is 7.11 Å². The summed E-state index contributed by atoms with van der Waals surface area (Å²) < 4.78 is 5.13. The smallest absolute Gasteiger partial charge is 0.216 e. The summed E-state index contributed by atoms with van der Waals surface area (Å²) in [6, 6.07) is 1.96. The molecule has 1 unspecified atom stereocenters. The lowest BCUT2D eigenvalue weighted by Gasteiger charge is -2.32. The molecule has 3 N–H and O–H groups in total. The van der Waals surface area contributed by atoms with Crippen LogP contribution in [0.5, 0.6) is 5.88 Å². The molecule has 1 fully saturated rings. The first-order valence-corrected chi connectivity index (χ1v) is 6.56. The molecule has 1 atom stereocenters. The van der Waals surface area contributed by atoms with Crippen LogP contribution in [0.25, 0.3) is 0 Å². The largest absolute Gasteiger partial charge is 0.481 e. The fourth-order valence-electron chi connectivity index (χ4n) is 2.72. The molecule has 5 nitrogen and oxygen atoms in total. The van der Waals surface area contributed by atoms with E-state index < -0.39 is 0 Å². The van der Waals surface area contributed by atoms with Crippen LogP contribution >= 0.6 is 0 Å². The number of aromatic nitrogens is 2. The second-order valence-electron chi connectivity index (χ2n) is 5.15. The van der Waals surface area contributed by atoms with Crippen molar-refractivity contribution in [1.29, 1.82) is 0 Å². The summed E-state index contributed by atoms with van der Waals surface area (Å²) in [6.07, 6.45) is 6.46. The Balaban J connectivity index is 2.11. The molecule has 1 aromatic rings. The van der Waals surface area contributed by atoms with Gasteiger partial charge in [-0.05, 0) is 24.7 Å². The second-order valence-corrected chi connectivity index (χ2v) is 5.15. The van der Waals surface area contributed by atoms with Gasteiger partial charge in [0, 0.05) is 6.07 Å². The average Bonchev–Trinajstić information content (AvgIpc) is 2.42. The highest BCUT2D eigenvalue weighted by Gasteiger charge is 2.27. The molecule has 1 aromatic heterocycles. The maximum absolute atomic E-state index is 5.71. The van der Waals surface area contributed by atoms with E-state index in [2.05, 4.69) is 22.3 Å². The van der Waals surface area contributed by atoms with Crippen LogP contribution in [0.4, 0.5) is 0 Å². The molecule has 1 heterocycles. The minimum absolute atomic E-state index is 0.0920. The highest BCUT2D eigenvalue weighted by molar-refractivity contribution is 5.17. The summed E-state index contributed by atoms with van der Waals surface area (Å²) in [7, 11) is 1.61. The van der Waals surface area contributed by atoms with Crippen molar-refractivity contribution in [3.8, 4) is 5.88 Å². The van der Waals surface area contributed by atoms with Crippen molar-refractivity contribution < 1.29 is 4.74 Å². The van der Waals surface area contributed by atoms with Crippen LogP contribution in [0.15, 0.2) is 12.4 Å². The summed E-state index contributed by atoms with van der Waals surface area (Å²) >= 11 is 0. The van der Waals surface area contributed by atoms with E-state index in [4.69, 9.17) is 10.6 Å². The van der Waals surface area contributed by atoms with Crippen LogP contribution in [0.2, 0.25) is 0 Å². The van der Waals surface area contributed by atoms with Crippen LogP contribution in [0.1, 0.15) is 44.3 Å². The fraction of sp³-hybridized carbons (Fsp3) is 0.692. The Morgan fingerprint density at radius 2 is 2.06 bits per heavy atom. The number of nitrogens with zero attached hydrogens (tertiary/aromatic N) is 2. The van der Waals surface area contributed by atoms with Gasteiger partial charge in [0.15, 0.2) is 0 Å². The molecule has 0 aromatic carbocycles. The molecule has 1 aliphatic carbocycles. The van der Waals surface area contributed by atoms with Crippen molar-refractivity contribution in [3.05, 3.63) is 18.1 Å². The highest BCUT2D eigenvalue weighted by atomic mass is 16.5. The fourth-order valence-corrected chi connectivity index (χ4v) is 2.72. The van der Waals surface area contributed by atoms with Gasteiger partial charge in [0.05, 0.1) is 18.8 Å². The summed E-state index contributed by atoms with van der Waals surface area (Å²) in [5.41, 5.74) is 3.83. The molecule has 18 heavy (non-hydrogen) atoms. The lowest BCUT2D eigenvalue weighted by Crippen LogP contribution is -2.35. The number of hydrogen-bond donors (Lipinski definition) is 2. The molecular weight excluding hydrogens is 228 g/mol. The van der Waals surface area contributed by atoms with Crippen molar-refractivity contribution in [3.63, 3.8) is 0 Å². The summed E-state index contributed by atoms with van der Waals surface area (Å²) in [5, 5.41) is 0. The number of ether oxygens (including phenoxy) is 1. The first-order chi connectivity index (χ1) is 8.74. The van der Waals surface area contributed by atoms with Gasteiger partial charge in [-0.25, -0.2) is 9.97 Å². The van der Waals surface area contributed by atoms with Crippen molar-refractivity contribution in [2.24, 2.45) is 17.7 Å². The van der Waals surface area contributed by atoms with E-state index in [0.29, 0.717) is 11.8 Å². The van der Waals surface area contributed by atoms with Gasteiger partial charge in [-0.15, -0.1) is 0 Å². The summed E-state index contributed by atoms with van der Waals surface area (Å²) in [6.45, 7) is 2.31. The zero-order chi connectivity index (χ0) is 13.0. The normalized spacial score (nSPS) is 25.7. The van der Waals surface area contributed by atoms with E-state index in [1.165, 1.54) is 32.0 Å². The topological polar surface area (TPSA) is 73.1 Å². The molecule has 2 rings (SSSR count). The van der Waals surface area contributed by atoms with E-state index >= 15 is 0 Å². The number of methoxy groups -OCH3 is 1. The monoisotopic (exact) mass is 250 g/mol. The van der Waals surface area contributed by atoms with Gasteiger partial charge in [-0.3, -0.25) is 11.3 Å². The molecule has 100 valence electrons.